The molecule has 1 aromatic rings. The first-order valence-electron chi connectivity index (χ1n) is 5.05. The molecule has 0 radical (unpaired) electrons. The highest BCUT2D eigenvalue weighted by molar-refractivity contribution is 9.10. The van der Waals surface area contributed by atoms with Crippen molar-refractivity contribution in [3.63, 3.8) is 0 Å². The summed E-state index contributed by atoms with van der Waals surface area (Å²) >= 11 is 3.31. The van der Waals surface area contributed by atoms with Crippen LogP contribution in [-0.4, -0.2) is 30.4 Å². The lowest BCUT2D eigenvalue weighted by Crippen LogP contribution is -2.13. The molecule has 0 spiro atoms. The van der Waals surface area contributed by atoms with Crippen LogP contribution in [0, 0.1) is 0 Å². The molecular weight excluding hydrogens is 288 g/mol. The number of halogens is 1. The highest BCUT2D eigenvalue weighted by Crippen LogP contribution is 2.20. The van der Waals surface area contributed by atoms with E-state index in [4.69, 9.17) is 9.94 Å². The maximum absolute atomic E-state index is 11.4. The molecule has 0 atom stereocenters. The molecule has 0 fully saturated rings. The van der Waals surface area contributed by atoms with Crippen LogP contribution in [0.5, 0.6) is 0 Å². The predicted molar refractivity (Wildman–Crippen MR) is 68.9 cm³/mol. The number of rotatable bonds is 6. The molecule has 1 amide bonds. The summed E-state index contributed by atoms with van der Waals surface area (Å²) in [4.78, 5) is 16.1. The molecule has 0 saturated carbocycles. The third-order valence-electron chi connectivity index (χ3n) is 1.77. The summed E-state index contributed by atoms with van der Waals surface area (Å²) in [5, 5.41) is 14.6. The number of amides is 1. The van der Waals surface area contributed by atoms with E-state index in [1.54, 1.807) is 6.07 Å². The Balaban J connectivity index is 2.37. The fourth-order valence-electron chi connectivity index (χ4n) is 0.995. The number of carbonyl (C=O) groups is 1. The zero-order valence-electron chi connectivity index (χ0n) is 9.10. The first-order valence-corrected chi connectivity index (χ1v) is 5.85. The van der Waals surface area contributed by atoms with Crippen molar-refractivity contribution >= 4 is 33.7 Å². The Morgan fingerprint density at radius 2 is 2.29 bits per heavy atom. The van der Waals surface area contributed by atoms with Gasteiger partial charge in [0.25, 0.3) is 5.91 Å². The second-order valence-electron chi connectivity index (χ2n) is 3.11. The summed E-state index contributed by atoms with van der Waals surface area (Å²) in [6.07, 6.45) is 1.54. The van der Waals surface area contributed by atoms with Crippen LogP contribution >= 0.6 is 15.9 Å². The Hall–Kier alpha value is -1.40. The highest BCUT2D eigenvalue weighted by atomic mass is 79.9. The van der Waals surface area contributed by atoms with Crippen LogP contribution in [-0.2, 0) is 9.63 Å². The molecule has 2 N–H and O–H groups in total. The number of para-hydroxylation sites is 1. The van der Waals surface area contributed by atoms with Crippen molar-refractivity contribution in [2.75, 3.05) is 18.5 Å². The van der Waals surface area contributed by atoms with Gasteiger partial charge in [0.1, 0.15) is 12.8 Å². The molecule has 5 nitrogen and oxygen atoms in total. The SMILES string of the molecule is O=C(/C=N/OCCCO)Nc1ccccc1Br. The van der Waals surface area contributed by atoms with E-state index in [2.05, 4.69) is 26.4 Å². The second kappa shape index (κ2) is 7.81. The molecule has 0 unspecified atom stereocenters. The molecule has 0 aliphatic heterocycles. The number of nitrogens with one attached hydrogen (secondary N) is 1. The minimum atomic E-state index is -0.374. The molecule has 0 bridgehead atoms. The summed E-state index contributed by atoms with van der Waals surface area (Å²) in [5.41, 5.74) is 0.666. The first-order chi connectivity index (χ1) is 8.24. The minimum Gasteiger partial charge on any atom is -0.396 e. The van der Waals surface area contributed by atoms with Crippen molar-refractivity contribution in [2.45, 2.75) is 6.42 Å². The third-order valence-corrected chi connectivity index (χ3v) is 2.46. The van der Waals surface area contributed by atoms with Gasteiger partial charge in [-0.15, -0.1) is 0 Å². The van der Waals surface area contributed by atoms with Crippen LogP contribution in [0.4, 0.5) is 5.69 Å². The van der Waals surface area contributed by atoms with Gasteiger partial charge in [-0.05, 0) is 28.1 Å². The standard InChI is InChI=1S/C11H13BrN2O3/c12-9-4-1-2-5-10(9)14-11(16)8-13-17-7-3-6-15/h1-2,4-5,8,15H,3,6-7H2,(H,14,16)/b13-8+. The lowest BCUT2D eigenvalue weighted by molar-refractivity contribution is -0.110. The summed E-state index contributed by atoms with van der Waals surface area (Å²) in [6, 6.07) is 7.26. The van der Waals surface area contributed by atoms with Gasteiger partial charge >= 0.3 is 0 Å². The van der Waals surface area contributed by atoms with E-state index >= 15 is 0 Å². The number of hydrogen-bond acceptors (Lipinski definition) is 4. The molecule has 1 rings (SSSR count). The van der Waals surface area contributed by atoms with Crippen molar-refractivity contribution < 1.29 is 14.7 Å². The van der Waals surface area contributed by atoms with Gasteiger partial charge in [0.15, 0.2) is 0 Å². The van der Waals surface area contributed by atoms with Crippen molar-refractivity contribution in [1.82, 2.24) is 0 Å². The Kier molecular flexibility index (Phi) is 6.27. The average Bonchev–Trinajstić information content (AvgIpc) is 2.32. The number of oxime groups is 1. The average molecular weight is 301 g/mol. The molecule has 0 aliphatic rings. The maximum Gasteiger partial charge on any atom is 0.270 e. The zero-order chi connectivity index (χ0) is 12.5. The lowest BCUT2D eigenvalue weighted by atomic mass is 10.3. The highest BCUT2D eigenvalue weighted by Gasteiger charge is 2.01. The molecule has 1 aromatic carbocycles. The van der Waals surface area contributed by atoms with E-state index in [-0.39, 0.29) is 19.1 Å². The number of benzene rings is 1. The molecule has 6 heteroatoms. The summed E-state index contributed by atoms with van der Waals surface area (Å²) in [6.45, 7) is 0.327. The quantitative estimate of drug-likeness (QED) is 0.478. The number of aliphatic hydroxyl groups excluding tert-OH is 1. The molecule has 0 heterocycles. The molecule has 0 aliphatic carbocycles. The maximum atomic E-state index is 11.4. The second-order valence-corrected chi connectivity index (χ2v) is 3.97. The van der Waals surface area contributed by atoms with Gasteiger partial charge in [-0.2, -0.15) is 0 Å². The summed E-state index contributed by atoms with van der Waals surface area (Å²) in [7, 11) is 0. The fourth-order valence-corrected chi connectivity index (χ4v) is 1.38. The Bertz CT molecular complexity index is 396. The normalized spacial score (nSPS) is 10.5. The van der Waals surface area contributed by atoms with Gasteiger partial charge in [0.2, 0.25) is 0 Å². The summed E-state index contributed by atoms with van der Waals surface area (Å²) in [5.74, 6) is -0.374. The number of hydrogen-bond donors (Lipinski definition) is 2. The van der Waals surface area contributed by atoms with Crippen molar-refractivity contribution in [1.29, 1.82) is 0 Å². The molecule has 92 valence electrons. The number of aliphatic hydroxyl groups is 1. The van der Waals surface area contributed by atoms with E-state index in [1.807, 2.05) is 18.2 Å². The topological polar surface area (TPSA) is 70.9 Å². The van der Waals surface area contributed by atoms with E-state index < -0.39 is 0 Å². The van der Waals surface area contributed by atoms with Crippen LogP contribution in [0.25, 0.3) is 0 Å². The fraction of sp³-hybridized carbons (Fsp3) is 0.273. The molecule has 17 heavy (non-hydrogen) atoms. The van der Waals surface area contributed by atoms with Gasteiger partial charge < -0.3 is 15.3 Å². The first kappa shape index (κ1) is 13.7. The van der Waals surface area contributed by atoms with E-state index in [1.165, 1.54) is 0 Å². The van der Waals surface area contributed by atoms with Crippen LogP contribution < -0.4 is 5.32 Å². The third kappa shape index (κ3) is 5.46. The van der Waals surface area contributed by atoms with Gasteiger partial charge in [-0.3, -0.25) is 4.79 Å². The van der Waals surface area contributed by atoms with Gasteiger partial charge in [0, 0.05) is 17.5 Å². The predicted octanol–water partition coefficient (Wildman–Crippen LogP) is 1.77. The Morgan fingerprint density at radius 1 is 1.53 bits per heavy atom. The van der Waals surface area contributed by atoms with Crippen LogP contribution in [0.1, 0.15) is 6.42 Å². The lowest BCUT2D eigenvalue weighted by Gasteiger charge is -2.03. The van der Waals surface area contributed by atoms with Crippen molar-refractivity contribution in [3.05, 3.63) is 28.7 Å². The Labute approximate surface area is 108 Å². The molecule has 0 aromatic heterocycles. The van der Waals surface area contributed by atoms with E-state index in [0.717, 1.165) is 10.7 Å². The minimum absolute atomic E-state index is 0.0404. The largest absolute Gasteiger partial charge is 0.396 e. The zero-order valence-corrected chi connectivity index (χ0v) is 10.7. The number of nitrogens with zero attached hydrogens (tertiary/aromatic N) is 1. The van der Waals surface area contributed by atoms with Crippen LogP contribution in [0.3, 0.4) is 0 Å². The monoisotopic (exact) mass is 300 g/mol. The summed E-state index contributed by atoms with van der Waals surface area (Å²) < 4.78 is 0.794. The van der Waals surface area contributed by atoms with Gasteiger partial charge in [0.05, 0.1) is 5.69 Å². The number of carbonyl (C=O) groups excluding carboxylic acids is 1. The van der Waals surface area contributed by atoms with Gasteiger partial charge in [-0.1, -0.05) is 17.3 Å². The van der Waals surface area contributed by atoms with Crippen LogP contribution in [0.15, 0.2) is 33.9 Å². The number of anilines is 1. The van der Waals surface area contributed by atoms with Gasteiger partial charge in [-0.25, -0.2) is 0 Å². The van der Waals surface area contributed by atoms with E-state index in [9.17, 15) is 4.79 Å². The smallest absolute Gasteiger partial charge is 0.270 e. The van der Waals surface area contributed by atoms with Crippen LogP contribution in [0.2, 0.25) is 0 Å². The van der Waals surface area contributed by atoms with E-state index in [0.29, 0.717) is 12.1 Å². The molecule has 0 saturated heterocycles. The van der Waals surface area contributed by atoms with Crippen molar-refractivity contribution in [2.24, 2.45) is 5.16 Å². The molecular formula is C11H13BrN2O3. The Morgan fingerprint density at radius 3 is 3.00 bits per heavy atom. The van der Waals surface area contributed by atoms with Crippen molar-refractivity contribution in [3.8, 4) is 0 Å².